The van der Waals surface area contributed by atoms with E-state index in [0.717, 1.165) is 18.4 Å². The van der Waals surface area contributed by atoms with Gasteiger partial charge in [0.1, 0.15) is 0 Å². The summed E-state index contributed by atoms with van der Waals surface area (Å²) in [5.74, 6) is 0.541. The van der Waals surface area contributed by atoms with E-state index in [1.807, 2.05) is 23.1 Å². The minimum absolute atomic E-state index is 0.0574. The molecule has 0 spiro atoms. The summed E-state index contributed by atoms with van der Waals surface area (Å²) < 4.78 is 0. The summed E-state index contributed by atoms with van der Waals surface area (Å²) in [5.41, 5.74) is 0.997. The van der Waals surface area contributed by atoms with Crippen LogP contribution in [0.15, 0.2) is 18.2 Å². The number of urea groups is 1. The van der Waals surface area contributed by atoms with Crippen molar-refractivity contribution in [1.29, 1.82) is 0 Å². The van der Waals surface area contributed by atoms with Gasteiger partial charge in [-0.1, -0.05) is 29.3 Å². The number of carbonyl (C=O) groups excluding carboxylic acids is 2. The summed E-state index contributed by atoms with van der Waals surface area (Å²) >= 11 is 12.6. The Morgan fingerprint density at radius 3 is 2.50 bits per heavy atom. The van der Waals surface area contributed by atoms with Gasteiger partial charge in [0.25, 0.3) is 0 Å². The lowest BCUT2D eigenvalue weighted by Gasteiger charge is -2.33. The van der Waals surface area contributed by atoms with Gasteiger partial charge in [-0.2, -0.15) is 0 Å². The fraction of sp³-hybridized carbons (Fsp3) is 0.529. The van der Waals surface area contributed by atoms with Gasteiger partial charge in [-0.25, -0.2) is 4.79 Å². The molecule has 24 heavy (non-hydrogen) atoms. The lowest BCUT2D eigenvalue weighted by molar-refractivity contribution is -0.119. The number of piperidine rings is 1. The maximum absolute atomic E-state index is 12.3. The molecule has 0 unspecified atom stereocenters. The Labute approximate surface area is 151 Å². The third-order valence-corrected chi connectivity index (χ3v) is 5.45. The number of carbonyl (C=O) groups is 2. The van der Waals surface area contributed by atoms with Crippen LogP contribution >= 0.6 is 23.2 Å². The normalized spacial score (nSPS) is 21.7. The van der Waals surface area contributed by atoms with E-state index in [4.69, 9.17) is 23.2 Å². The molecular formula is C17H21Cl2N3O2. The molecule has 2 saturated heterocycles. The molecule has 2 aliphatic rings. The van der Waals surface area contributed by atoms with Gasteiger partial charge in [-0.05, 0) is 36.5 Å². The largest absolute Gasteiger partial charge is 0.356 e. The first kappa shape index (κ1) is 17.4. The second kappa shape index (κ2) is 7.62. The van der Waals surface area contributed by atoms with Crippen LogP contribution in [-0.4, -0.2) is 43.0 Å². The lowest BCUT2D eigenvalue weighted by Crippen LogP contribution is -2.45. The molecule has 1 aromatic rings. The van der Waals surface area contributed by atoms with Crippen molar-refractivity contribution in [3.8, 4) is 0 Å². The Morgan fingerprint density at radius 2 is 1.92 bits per heavy atom. The van der Waals surface area contributed by atoms with Crippen molar-refractivity contribution in [2.24, 2.45) is 5.92 Å². The Kier molecular flexibility index (Phi) is 5.51. The Bertz CT molecular complexity index is 610. The van der Waals surface area contributed by atoms with Gasteiger partial charge < -0.3 is 15.5 Å². The Morgan fingerprint density at radius 1 is 1.25 bits per heavy atom. The van der Waals surface area contributed by atoms with Gasteiger partial charge in [0, 0.05) is 48.6 Å². The van der Waals surface area contributed by atoms with Gasteiger partial charge in [0.2, 0.25) is 5.91 Å². The van der Waals surface area contributed by atoms with Crippen LogP contribution in [0.1, 0.15) is 30.7 Å². The van der Waals surface area contributed by atoms with E-state index in [0.29, 0.717) is 42.6 Å². The molecule has 2 fully saturated rings. The number of hydrogen-bond donors (Lipinski definition) is 2. The zero-order valence-corrected chi connectivity index (χ0v) is 14.9. The minimum Gasteiger partial charge on any atom is -0.356 e. The standard InChI is InChI=1S/C17H21Cl2N3O2/c18-13-2-1-3-14(19)16(13)12-4-6-22(7-5-12)17(24)21-10-11-8-15(23)20-9-11/h1-3,11-12H,4-10H2,(H,20,23)(H,21,24)/t11-/m0/s1. The summed E-state index contributed by atoms with van der Waals surface area (Å²) in [6, 6.07) is 5.51. The van der Waals surface area contributed by atoms with E-state index >= 15 is 0 Å². The van der Waals surface area contributed by atoms with Crippen LogP contribution in [-0.2, 0) is 4.79 Å². The van der Waals surface area contributed by atoms with Crippen LogP contribution < -0.4 is 10.6 Å². The number of nitrogens with zero attached hydrogens (tertiary/aromatic N) is 1. The van der Waals surface area contributed by atoms with Crippen molar-refractivity contribution >= 4 is 35.1 Å². The van der Waals surface area contributed by atoms with Crippen LogP contribution in [0.5, 0.6) is 0 Å². The zero-order chi connectivity index (χ0) is 17.1. The fourth-order valence-electron chi connectivity index (χ4n) is 3.42. The number of hydrogen-bond acceptors (Lipinski definition) is 2. The molecule has 3 amide bonds. The van der Waals surface area contributed by atoms with Gasteiger partial charge in [-0.15, -0.1) is 0 Å². The zero-order valence-electron chi connectivity index (χ0n) is 13.4. The molecule has 5 nitrogen and oxygen atoms in total. The molecule has 7 heteroatoms. The van der Waals surface area contributed by atoms with Crippen molar-refractivity contribution in [3.63, 3.8) is 0 Å². The highest BCUT2D eigenvalue weighted by Gasteiger charge is 2.27. The molecule has 0 aromatic heterocycles. The topological polar surface area (TPSA) is 61.4 Å². The van der Waals surface area contributed by atoms with Gasteiger partial charge in [0.05, 0.1) is 0 Å². The molecular weight excluding hydrogens is 349 g/mol. The van der Waals surface area contributed by atoms with E-state index in [1.54, 1.807) is 0 Å². The van der Waals surface area contributed by atoms with Gasteiger partial charge in [-0.3, -0.25) is 4.79 Å². The molecule has 3 rings (SSSR count). The smallest absolute Gasteiger partial charge is 0.317 e. The molecule has 2 aliphatic heterocycles. The number of benzene rings is 1. The van der Waals surface area contributed by atoms with E-state index < -0.39 is 0 Å². The van der Waals surface area contributed by atoms with Crippen molar-refractivity contribution in [2.75, 3.05) is 26.2 Å². The maximum Gasteiger partial charge on any atom is 0.317 e. The van der Waals surface area contributed by atoms with Crippen LogP contribution in [0, 0.1) is 5.92 Å². The van der Waals surface area contributed by atoms with E-state index in [-0.39, 0.29) is 23.8 Å². The summed E-state index contributed by atoms with van der Waals surface area (Å²) in [4.78, 5) is 25.3. The summed E-state index contributed by atoms with van der Waals surface area (Å²) in [7, 11) is 0. The van der Waals surface area contributed by atoms with E-state index in [9.17, 15) is 9.59 Å². The molecule has 0 saturated carbocycles. The van der Waals surface area contributed by atoms with Crippen LogP contribution in [0.4, 0.5) is 4.79 Å². The second-order valence-corrected chi connectivity index (χ2v) is 7.27. The SMILES string of the molecule is O=C1C[C@H](CNC(=O)N2CCC(c3c(Cl)cccc3Cl)CC2)CN1. The molecule has 0 radical (unpaired) electrons. The molecule has 2 N–H and O–H groups in total. The van der Waals surface area contributed by atoms with Crippen LogP contribution in [0.2, 0.25) is 10.0 Å². The first-order valence-corrected chi connectivity index (χ1v) is 9.03. The minimum atomic E-state index is -0.0574. The van der Waals surface area contributed by atoms with Gasteiger partial charge >= 0.3 is 6.03 Å². The molecule has 1 atom stereocenters. The Balaban J connectivity index is 1.49. The highest BCUT2D eigenvalue weighted by Crippen LogP contribution is 2.37. The number of nitrogens with one attached hydrogen (secondary N) is 2. The predicted octanol–water partition coefficient (Wildman–Crippen LogP) is 3.02. The highest BCUT2D eigenvalue weighted by molar-refractivity contribution is 6.36. The fourth-order valence-corrected chi connectivity index (χ4v) is 4.13. The average molecular weight is 370 g/mol. The van der Waals surface area contributed by atoms with Crippen molar-refractivity contribution in [3.05, 3.63) is 33.8 Å². The lowest BCUT2D eigenvalue weighted by atomic mass is 9.89. The van der Waals surface area contributed by atoms with Crippen LogP contribution in [0.25, 0.3) is 0 Å². The molecule has 2 heterocycles. The van der Waals surface area contributed by atoms with Crippen molar-refractivity contribution < 1.29 is 9.59 Å². The summed E-state index contributed by atoms with van der Waals surface area (Å²) in [6.07, 6.45) is 2.19. The first-order valence-electron chi connectivity index (χ1n) is 8.28. The maximum atomic E-state index is 12.3. The summed E-state index contributed by atoms with van der Waals surface area (Å²) in [5, 5.41) is 7.11. The molecule has 0 aliphatic carbocycles. The van der Waals surface area contributed by atoms with Crippen molar-refractivity contribution in [1.82, 2.24) is 15.5 Å². The number of rotatable bonds is 3. The second-order valence-electron chi connectivity index (χ2n) is 6.46. The predicted molar refractivity (Wildman–Crippen MR) is 94.5 cm³/mol. The average Bonchev–Trinajstić information content (AvgIpc) is 2.98. The van der Waals surface area contributed by atoms with Crippen molar-refractivity contribution in [2.45, 2.75) is 25.2 Å². The quantitative estimate of drug-likeness (QED) is 0.859. The third-order valence-electron chi connectivity index (χ3n) is 4.79. The highest BCUT2D eigenvalue weighted by atomic mass is 35.5. The molecule has 1 aromatic carbocycles. The first-order chi connectivity index (χ1) is 11.5. The van der Waals surface area contributed by atoms with Crippen LogP contribution in [0.3, 0.4) is 0 Å². The van der Waals surface area contributed by atoms with Gasteiger partial charge in [0.15, 0.2) is 0 Å². The molecule has 130 valence electrons. The Hall–Kier alpha value is -1.46. The van der Waals surface area contributed by atoms with E-state index in [1.165, 1.54) is 0 Å². The molecule has 0 bridgehead atoms. The summed E-state index contributed by atoms with van der Waals surface area (Å²) in [6.45, 7) is 2.54. The third kappa shape index (κ3) is 3.95. The number of halogens is 2. The monoisotopic (exact) mass is 369 g/mol. The van der Waals surface area contributed by atoms with E-state index in [2.05, 4.69) is 10.6 Å². The number of amides is 3. The number of likely N-dealkylation sites (tertiary alicyclic amines) is 1.